The Kier molecular flexibility index (Phi) is 4.09. The van der Waals surface area contributed by atoms with Crippen LogP contribution in [0.15, 0.2) is 0 Å². The third-order valence-electron chi connectivity index (χ3n) is 1.35. The van der Waals surface area contributed by atoms with Crippen LogP contribution in [0.4, 0.5) is 0 Å². The van der Waals surface area contributed by atoms with E-state index in [1.165, 1.54) is 6.04 Å². The van der Waals surface area contributed by atoms with Gasteiger partial charge in [0, 0.05) is 0 Å². The smallest absolute Gasteiger partial charge is 0.228 e. The molecule has 0 aliphatic rings. The zero-order valence-corrected chi connectivity index (χ0v) is 8.10. The van der Waals surface area contributed by atoms with Crippen molar-refractivity contribution in [3.63, 3.8) is 0 Å². The van der Waals surface area contributed by atoms with Crippen molar-refractivity contribution in [2.75, 3.05) is 28.2 Å². The molecule has 0 N–H and O–H groups in total. The summed E-state index contributed by atoms with van der Waals surface area (Å²) in [6.07, 6.45) is 0. The zero-order chi connectivity index (χ0) is 7.44. The maximum Gasteiger partial charge on any atom is 0.228 e. The van der Waals surface area contributed by atoms with Gasteiger partial charge in [0.1, 0.15) is 0 Å². The van der Waals surface area contributed by atoms with Crippen LogP contribution in [0, 0.1) is 0 Å². The lowest BCUT2D eigenvalue weighted by Crippen LogP contribution is -2.44. The van der Waals surface area contributed by atoms with Gasteiger partial charge in [0.05, 0.1) is 0 Å². The van der Waals surface area contributed by atoms with Crippen LogP contribution in [0.25, 0.3) is 0 Å². The van der Waals surface area contributed by atoms with Crippen molar-refractivity contribution in [1.82, 2.24) is 9.13 Å². The number of rotatable bonds is 3. The summed E-state index contributed by atoms with van der Waals surface area (Å²) in [6.45, 7) is 2.24. The molecule has 0 amide bonds. The molecule has 55 valence electrons. The van der Waals surface area contributed by atoms with E-state index in [1.54, 1.807) is 0 Å². The fourth-order valence-corrected chi connectivity index (χ4v) is 3.10. The van der Waals surface area contributed by atoms with Crippen LogP contribution in [-0.2, 0) is 0 Å². The van der Waals surface area contributed by atoms with Crippen molar-refractivity contribution in [1.29, 1.82) is 0 Å². The highest BCUT2D eigenvalue weighted by Crippen LogP contribution is 1.96. The van der Waals surface area contributed by atoms with E-state index in [4.69, 9.17) is 0 Å². The molecular formula is C6H17N2Si. The topological polar surface area (TPSA) is 6.48 Å². The molecule has 0 saturated heterocycles. The number of hydrogen-bond acceptors (Lipinski definition) is 2. The first-order valence-corrected chi connectivity index (χ1v) is 4.90. The molecule has 0 rings (SSSR count). The molecule has 0 saturated carbocycles. The summed E-state index contributed by atoms with van der Waals surface area (Å²) in [5.41, 5.74) is 0. The fraction of sp³-hybridized carbons (Fsp3) is 1.00. The fourth-order valence-electron chi connectivity index (χ4n) is 1.03. The summed E-state index contributed by atoms with van der Waals surface area (Å²) in [4.78, 5) is 0. The molecule has 0 aromatic carbocycles. The van der Waals surface area contributed by atoms with Crippen molar-refractivity contribution >= 4 is 9.12 Å². The molecular weight excluding hydrogens is 128 g/mol. The second-order valence-corrected chi connectivity index (χ2v) is 5.89. The van der Waals surface area contributed by atoms with Crippen molar-refractivity contribution in [2.45, 2.75) is 13.0 Å². The Balaban J connectivity index is 3.68. The maximum absolute atomic E-state index is 2.32. The Hall–Kier alpha value is 0.137. The number of nitrogens with zero attached hydrogens (tertiary/aromatic N) is 2. The van der Waals surface area contributed by atoms with Crippen LogP contribution in [0.1, 0.15) is 6.92 Å². The van der Waals surface area contributed by atoms with Gasteiger partial charge in [0.15, 0.2) is 0 Å². The van der Waals surface area contributed by atoms with Crippen LogP contribution in [0.5, 0.6) is 0 Å². The Morgan fingerprint density at radius 1 is 1.00 bits per heavy atom. The van der Waals surface area contributed by atoms with Crippen LogP contribution in [0.2, 0.25) is 6.04 Å². The van der Waals surface area contributed by atoms with Gasteiger partial charge in [0.25, 0.3) is 0 Å². The lowest BCUT2D eigenvalue weighted by atomic mass is 11.0. The minimum Gasteiger partial charge on any atom is -0.317 e. The third kappa shape index (κ3) is 2.98. The predicted octanol–water partition coefficient (Wildman–Crippen LogP) is 0.618. The first kappa shape index (κ1) is 9.14. The van der Waals surface area contributed by atoms with E-state index in [2.05, 4.69) is 44.2 Å². The number of hydrogen-bond donors (Lipinski definition) is 0. The molecule has 3 heteroatoms. The molecule has 0 aromatic heterocycles. The second-order valence-electron chi connectivity index (χ2n) is 2.56. The van der Waals surface area contributed by atoms with Gasteiger partial charge in [-0.15, -0.1) is 0 Å². The third-order valence-corrected chi connectivity index (χ3v) is 4.05. The van der Waals surface area contributed by atoms with E-state index in [0.717, 1.165) is 0 Å². The predicted molar refractivity (Wildman–Crippen MR) is 43.6 cm³/mol. The largest absolute Gasteiger partial charge is 0.317 e. The van der Waals surface area contributed by atoms with E-state index >= 15 is 0 Å². The van der Waals surface area contributed by atoms with Gasteiger partial charge in [-0.1, -0.05) is 6.92 Å². The average Bonchev–Trinajstić information content (AvgIpc) is 1.64. The molecule has 0 aliphatic heterocycles. The van der Waals surface area contributed by atoms with Gasteiger partial charge < -0.3 is 9.13 Å². The van der Waals surface area contributed by atoms with Gasteiger partial charge in [0.2, 0.25) is 9.12 Å². The maximum atomic E-state index is 2.32. The Morgan fingerprint density at radius 3 is 1.33 bits per heavy atom. The second kappa shape index (κ2) is 4.03. The summed E-state index contributed by atoms with van der Waals surface area (Å²) in [7, 11) is 8.25. The van der Waals surface area contributed by atoms with Crippen molar-refractivity contribution in [3.8, 4) is 0 Å². The van der Waals surface area contributed by atoms with E-state index in [9.17, 15) is 0 Å². The molecule has 1 radical (unpaired) electrons. The Bertz CT molecular complexity index is 65.5. The van der Waals surface area contributed by atoms with Gasteiger partial charge in [-0.3, -0.25) is 0 Å². The van der Waals surface area contributed by atoms with E-state index in [1.807, 2.05) is 0 Å². The first-order valence-electron chi connectivity index (χ1n) is 3.30. The van der Waals surface area contributed by atoms with E-state index in [0.29, 0.717) is 0 Å². The SMILES string of the molecule is CC[Si](N(C)C)N(C)C. The molecule has 0 unspecified atom stereocenters. The summed E-state index contributed by atoms with van der Waals surface area (Å²) >= 11 is 0. The first-order chi connectivity index (χ1) is 4.09. The minimum absolute atomic E-state index is 0.351. The molecule has 0 aromatic rings. The molecule has 2 nitrogen and oxygen atoms in total. The van der Waals surface area contributed by atoms with Crippen molar-refractivity contribution in [3.05, 3.63) is 0 Å². The Labute approximate surface area is 60.2 Å². The lowest BCUT2D eigenvalue weighted by Gasteiger charge is -2.25. The van der Waals surface area contributed by atoms with Crippen LogP contribution >= 0.6 is 0 Å². The lowest BCUT2D eigenvalue weighted by molar-refractivity contribution is 0.515. The highest BCUT2D eigenvalue weighted by molar-refractivity contribution is 6.52. The average molecular weight is 145 g/mol. The molecule has 0 heterocycles. The summed E-state index contributed by atoms with van der Waals surface area (Å²) in [6, 6.07) is 1.28. The standard InChI is InChI=1S/C6H17N2Si/c1-6-9(7(2)3)8(4)5/h6H2,1-5H3. The minimum atomic E-state index is -0.351. The summed E-state index contributed by atoms with van der Waals surface area (Å²) < 4.78 is 4.65. The van der Waals surface area contributed by atoms with Crippen LogP contribution in [0.3, 0.4) is 0 Å². The molecule has 0 bridgehead atoms. The van der Waals surface area contributed by atoms with Crippen LogP contribution < -0.4 is 0 Å². The highest BCUT2D eigenvalue weighted by Gasteiger charge is 2.13. The molecule has 0 aliphatic carbocycles. The quantitative estimate of drug-likeness (QED) is 0.537. The van der Waals surface area contributed by atoms with E-state index < -0.39 is 0 Å². The highest BCUT2D eigenvalue weighted by atomic mass is 28.3. The van der Waals surface area contributed by atoms with Gasteiger partial charge in [-0.25, -0.2) is 0 Å². The molecule has 0 atom stereocenters. The van der Waals surface area contributed by atoms with Gasteiger partial charge >= 0.3 is 0 Å². The normalized spacial score (nSPS) is 12.0. The van der Waals surface area contributed by atoms with Crippen molar-refractivity contribution < 1.29 is 0 Å². The van der Waals surface area contributed by atoms with E-state index in [-0.39, 0.29) is 9.12 Å². The van der Waals surface area contributed by atoms with Crippen molar-refractivity contribution in [2.24, 2.45) is 0 Å². The molecule has 9 heavy (non-hydrogen) atoms. The molecule has 0 fully saturated rings. The van der Waals surface area contributed by atoms with Gasteiger partial charge in [-0.2, -0.15) is 0 Å². The molecule has 0 spiro atoms. The monoisotopic (exact) mass is 145 g/mol. The zero-order valence-electron chi connectivity index (χ0n) is 7.10. The Morgan fingerprint density at radius 2 is 1.33 bits per heavy atom. The summed E-state index contributed by atoms with van der Waals surface area (Å²) in [5.74, 6) is 0. The van der Waals surface area contributed by atoms with Gasteiger partial charge in [-0.05, 0) is 34.2 Å². The summed E-state index contributed by atoms with van der Waals surface area (Å²) in [5, 5.41) is 0. The van der Waals surface area contributed by atoms with Crippen LogP contribution in [-0.4, -0.2) is 46.4 Å².